The molecule has 2 aromatic heterocycles. The number of nitrogens with zero attached hydrogens (tertiary/aromatic N) is 2. The van der Waals surface area contributed by atoms with E-state index >= 15 is 0 Å². The fourth-order valence-corrected chi connectivity index (χ4v) is 4.58. The van der Waals surface area contributed by atoms with Gasteiger partial charge in [-0.25, -0.2) is 18.2 Å². The Morgan fingerprint density at radius 1 is 1.13 bits per heavy atom. The highest BCUT2D eigenvalue weighted by Gasteiger charge is 2.26. The van der Waals surface area contributed by atoms with Crippen LogP contribution >= 0.6 is 0 Å². The lowest BCUT2D eigenvalue weighted by molar-refractivity contribution is 0.0730. The molecule has 0 aliphatic carbocycles. The number of carbonyl (C=O) groups is 1. The van der Waals surface area contributed by atoms with Gasteiger partial charge in [-0.15, -0.1) is 0 Å². The highest BCUT2D eigenvalue weighted by atomic mass is 32.2. The van der Waals surface area contributed by atoms with E-state index in [0.29, 0.717) is 31.9 Å². The molecule has 0 bridgehead atoms. The van der Waals surface area contributed by atoms with E-state index in [1.807, 2.05) is 0 Å². The molecule has 11 nitrogen and oxygen atoms in total. The zero-order chi connectivity index (χ0) is 22.0. The van der Waals surface area contributed by atoms with E-state index in [0.717, 1.165) is 0 Å². The van der Waals surface area contributed by atoms with Crippen molar-refractivity contribution in [2.24, 2.45) is 0 Å². The van der Waals surface area contributed by atoms with E-state index in [9.17, 15) is 22.8 Å². The third kappa shape index (κ3) is 4.40. The maximum absolute atomic E-state index is 12.6. The summed E-state index contributed by atoms with van der Waals surface area (Å²) < 4.78 is 31.9. The smallest absolute Gasteiger partial charge is 0.327 e. The molecular weight excluding hydrogens is 426 g/mol. The van der Waals surface area contributed by atoms with Crippen LogP contribution in [0.15, 0.2) is 51.0 Å². The van der Waals surface area contributed by atoms with Crippen LogP contribution in [-0.2, 0) is 21.3 Å². The lowest BCUT2D eigenvalue weighted by Gasteiger charge is -2.26. The number of amides is 1. The van der Waals surface area contributed by atoms with Gasteiger partial charge in [-0.05, 0) is 23.8 Å². The number of H-pyrrole nitrogens is 2. The van der Waals surface area contributed by atoms with Crippen molar-refractivity contribution in [3.05, 3.63) is 68.5 Å². The van der Waals surface area contributed by atoms with Crippen molar-refractivity contribution >= 4 is 27.0 Å². The lowest BCUT2D eigenvalue weighted by atomic mass is 10.2. The summed E-state index contributed by atoms with van der Waals surface area (Å²) >= 11 is 0. The van der Waals surface area contributed by atoms with Crippen molar-refractivity contribution in [2.75, 3.05) is 26.3 Å². The average molecular weight is 445 g/mol. The third-order valence-corrected chi connectivity index (χ3v) is 6.75. The molecule has 1 aliphatic rings. The molecule has 1 saturated heterocycles. The molecule has 3 N–H and O–H groups in total. The van der Waals surface area contributed by atoms with Crippen LogP contribution in [0.25, 0.3) is 11.0 Å². The zero-order valence-electron chi connectivity index (χ0n) is 16.3. The molecule has 3 aromatic rings. The predicted octanol–water partition coefficient (Wildman–Crippen LogP) is -0.438. The van der Waals surface area contributed by atoms with Crippen LogP contribution in [0, 0.1) is 0 Å². The van der Waals surface area contributed by atoms with E-state index in [2.05, 4.69) is 20.3 Å². The number of aromatic amines is 2. The first kappa shape index (κ1) is 20.9. The number of benzene rings is 1. The molecule has 0 saturated carbocycles. The van der Waals surface area contributed by atoms with E-state index in [-0.39, 0.29) is 28.0 Å². The molecule has 1 aliphatic heterocycles. The maximum Gasteiger partial charge on any atom is 0.327 e. The molecule has 3 heterocycles. The molecule has 4 rings (SSSR count). The van der Waals surface area contributed by atoms with Gasteiger partial charge in [-0.3, -0.25) is 19.6 Å². The van der Waals surface area contributed by atoms with Gasteiger partial charge in [-0.2, -0.15) is 4.31 Å². The van der Waals surface area contributed by atoms with Crippen LogP contribution in [0.3, 0.4) is 0 Å². The third-order valence-electron chi connectivity index (χ3n) is 4.84. The summed E-state index contributed by atoms with van der Waals surface area (Å²) in [5.74, 6) is -0.468. The first-order chi connectivity index (χ1) is 14.8. The molecule has 12 heteroatoms. The van der Waals surface area contributed by atoms with Crippen molar-refractivity contribution in [1.29, 1.82) is 0 Å². The van der Waals surface area contributed by atoms with Crippen molar-refractivity contribution in [3.63, 3.8) is 0 Å². The fourth-order valence-electron chi connectivity index (χ4n) is 3.17. The minimum absolute atomic E-state index is 0.0855. The van der Waals surface area contributed by atoms with E-state index in [1.165, 1.54) is 28.7 Å². The Morgan fingerprint density at radius 2 is 1.84 bits per heavy atom. The molecule has 1 amide bonds. The number of hydrogen-bond acceptors (Lipinski definition) is 7. The highest BCUT2D eigenvalue weighted by Crippen LogP contribution is 2.17. The van der Waals surface area contributed by atoms with E-state index in [1.54, 1.807) is 12.1 Å². The SMILES string of the molecule is O=C(NCc1ccc(S(=O)(=O)N2CCOCC2)cc1)c1cnc2[nH]c(=O)[nH]c(=O)c2c1. The number of aromatic nitrogens is 3. The van der Waals surface area contributed by atoms with Crippen molar-refractivity contribution < 1.29 is 17.9 Å². The highest BCUT2D eigenvalue weighted by molar-refractivity contribution is 7.89. The van der Waals surface area contributed by atoms with Crippen molar-refractivity contribution in [3.8, 4) is 0 Å². The van der Waals surface area contributed by atoms with Gasteiger partial charge in [0.15, 0.2) is 0 Å². The number of sulfonamides is 1. The number of fused-ring (bicyclic) bond motifs is 1. The summed E-state index contributed by atoms with van der Waals surface area (Å²) in [6.07, 6.45) is 1.26. The zero-order valence-corrected chi connectivity index (χ0v) is 17.1. The molecule has 162 valence electrons. The van der Waals surface area contributed by atoms with Gasteiger partial charge in [-0.1, -0.05) is 12.1 Å². The molecule has 0 radical (unpaired) electrons. The predicted molar refractivity (Wildman–Crippen MR) is 110 cm³/mol. The quantitative estimate of drug-likeness (QED) is 0.481. The van der Waals surface area contributed by atoms with E-state index < -0.39 is 27.2 Å². The Balaban J connectivity index is 1.44. The van der Waals surface area contributed by atoms with Crippen LogP contribution in [0.2, 0.25) is 0 Å². The molecule has 31 heavy (non-hydrogen) atoms. The van der Waals surface area contributed by atoms with Crippen LogP contribution in [-0.4, -0.2) is 59.9 Å². The monoisotopic (exact) mass is 445 g/mol. The second kappa shape index (κ2) is 8.41. The number of hydrogen-bond donors (Lipinski definition) is 3. The Kier molecular flexibility index (Phi) is 5.67. The molecule has 1 aromatic carbocycles. The van der Waals surface area contributed by atoms with Crippen molar-refractivity contribution in [2.45, 2.75) is 11.4 Å². The first-order valence-corrected chi connectivity index (χ1v) is 10.9. The topological polar surface area (TPSA) is 154 Å². The van der Waals surface area contributed by atoms with Gasteiger partial charge < -0.3 is 10.1 Å². The Bertz CT molecular complexity index is 1340. The number of rotatable bonds is 5. The lowest BCUT2D eigenvalue weighted by Crippen LogP contribution is -2.40. The first-order valence-electron chi connectivity index (χ1n) is 9.42. The van der Waals surface area contributed by atoms with Crippen LogP contribution in [0.4, 0.5) is 0 Å². The normalized spacial score (nSPS) is 15.1. The summed E-state index contributed by atoms with van der Waals surface area (Å²) in [4.78, 5) is 44.2. The van der Waals surface area contributed by atoms with E-state index in [4.69, 9.17) is 4.74 Å². The Labute approximate surface area is 176 Å². The van der Waals surface area contributed by atoms with Crippen LogP contribution in [0.5, 0.6) is 0 Å². The largest absolute Gasteiger partial charge is 0.379 e. The second-order valence-electron chi connectivity index (χ2n) is 6.87. The summed E-state index contributed by atoms with van der Waals surface area (Å²) in [6, 6.07) is 7.59. The van der Waals surface area contributed by atoms with Crippen LogP contribution < -0.4 is 16.6 Å². The molecule has 0 unspecified atom stereocenters. The molecule has 0 atom stereocenters. The summed E-state index contributed by atoms with van der Waals surface area (Å²) in [6.45, 7) is 1.52. The van der Waals surface area contributed by atoms with Gasteiger partial charge >= 0.3 is 5.69 Å². The van der Waals surface area contributed by atoms with Gasteiger partial charge in [0.1, 0.15) is 5.65 Å². The van der Waals surface area contributed by atoms with Gasteiger partial charge in [0.2, 0.25) is 10.0 Å². The average Bonchev–Trinajstić information content (AvgIpc) is 2.78. The number of carbonyl (C=O) groups excluding carboxylic acids is 1. The second-order valence-corrected chi connectivity index (χ2v) is 8.81. The minimum atomic E-state index is -3.58. The standard InChI is InChI=1S/C19H19N5O6S/c25-17(13-9-15-16(20-11-13)22-19(27)23-18(15)26)21-10-12-1-3-14(4-2-12)31(28,29)24-5-7-30-8-6-24/h1-4,9,11H,5-8,10H2,(H,21,25)(H2,20,22,23,26,27). The molecule has 1 fully saturated rings. The van der Waals surface area contributed by atoms with Gasteiger partial charge in [0.25, 0.3) is 11.5 Å². The maximum atomic E-state index is 12.6. The van der Waals surface area contributed by atoms with Gasteiger partial charge in [0, 0.05) is 25.8 Å². The molecule has 0 spiro atoms. The molecular formula is C19H19N5O6S. The van der Waals surface area contributed by atoms with Crippen LogP contribution in [0.1, 0.15) is 15.9 Å². The number of pyridine rings is 1. The minimum Gasteiger partial charge on any atom is -0.379 e. The van der Waals surface area contributed by atoms with Gasteiger partial charge in [0.05, 0.1) is 29.1 Å². The number of ether oxygens (including phenoxy) is 1. The van der Waals surface area contributed by atoms with Crippen molar-refractivity contribution in [1.82, 2.24) is 24.6 Å². The number of morpholine rings is 1. The summed E-state index contributed by atoms with van der Waals surface area (Å²) in [7, 11) is -3.58. The fraction of sp³-hybridized carbons (Fsp3) is 0.263. The summed E-state index contributed by atoms with van der Waals surface area (Å²) in [5, 5.41) is 2.78. The Morgan fingerprint density at radius 3 is 2.55 bits per heavy atom. The summed E-state index contributed by atoms with van der Waals surface area (Å²) in [5.41, 5.74) is -0.386. The number of nitrogens with one attached hydrogen (secondary N) is 3. The Hall–Kier alpha value is -3.35.